The highest BCUT2D eigenvalue weighted by atomic mass is 16.5. The molecule has 0 bridgehead atoms. The van der Waals surface area contributed by atoms with Crippen molar-refractivity contribution < 1.29 is 14.3 Å². The predicted molar refractivity (Wildman–Crippen MR) is 120 cm³/mol. The number of piperazine rings is 1. The van der Waals surface area contributed by atoms with Crippen LogP contribution in [0.2, 0.25) is 0 Å². The van der Waals surface area contributed by atoms with E-state index in [-0.39, 0.29) is 11.7 Å². The number of anilines is 1. The minimum absolute atomic E-state index is 0.0264. The molecule has 0 saturated carbocycles. The zero-order chi connectivity index (χ0) is 21.5. The van der Waals surface area contributed by atoms with E-state index in [1.165, 1.54) is 5.56 Å². The van der Waals surface area contributed by atoms with Gasteiger partial charge in [-0.15, -0.1) is 0 Å². The van der Waals surface area contributed by atoms with Crippen molar-refractivity contribution in [1.82, 2.24) is 10.2 Å². The van der Waals surface area contributed by atoms with Gasteiger partial charge in [0, 0.05) is 37.4 Å². The zero-order valence-corrected chi connectivity index (χ0v) is 18.1. The molecule has 3 rings (SSSR count). The van der Waals surface area contributed by atoms with Crippen molar-refractivity contribution in [1.29, 1.82) is 0 Å². The Labute approximate surface area is 178 Å². The van der Waals surface area contributed by atoms with E-state index in [9.17, 15) is 9.59 Å². The minimum atomic E-state index is 0.0264. The average molecular weight is 410 g/mol. The van der Waals surface area contributed by atoms with Gasteiger partial charge in [0.2, 0.25) is 5.91 Å². The second-order valence-corrected chi connectivity index (χ2v) is 7.83. The van der Waals surface area contributed by atoms with Gasteiger partial charge in [0.1, 0.15) is 12.4 Å². The number of Topliss-reactive ketones (excluding diaryl/α,β-unsaturated/α-hetero) is 1. The molecule has 1 fully saturated rings. The fraction of sp³-hybridized carbons (Fsp3) is 0.417. The number of ether oxygens (including phenoxy) is 1. The number of aryl methyl sites for hydroxylation is 2. The van der Waals surface area contributed by atoms with Crippen molar-refractivity contribution in [3.63, 3.8) is 0 Å². The summed E-state index contributed by atoms with van der Waals surface area (Å²) in [6, 6.07) is 13.8. The summed E-state index contributed by atoms with van der Waals surface area (Å²) < 4.78 is 5.76. The van der Waals surface area contributed by atoms with Gasteiger partial charge in [-0.3, -0.25) is 14.5 Å². The third kappa shape index (κ3) is 6.07. The van der Waals surface area contributed by atoms with E-state index < -0.39 is 0 Å². The number of amides is 1. The van der Waals surface area contributed by atoms with Crippen LogP contribution in [0.1, 0.15) is 28.4 Å². The molecule has 2 aromatic carbocycles. The van der Waals surface area contributed by atoms with Gasteiger partial charge in [0.15, 0.2) is 5.78 Å². The van der Waals surface area contributed by atoms with Crippen molar-refractivity contribution in [2.24, 2.45) is 0 Å². The molecule has 0 spiro atoms. The van der Waals surface area contributed by atoms with Gasteiger partial charge in [-0.25, -0.2) is 0 Å². The van der Waals surface area contributed by atoms with Crippen LogP contribution >= 0.6 is 0 Å². The minimum Gasteiger partial charge on any atom is -0.491 e. The number of ketones is 1. The van der Waals surface area contributed by atoms with Crippen molar-refractivity contribution in [2.45, 2.75) is 20.8 Å². The molecule has 0 atom stereocenters. The van der Waals surface area contributed by atoms with Crippen LogP contribution in [0.25, 0.3) is 0 Å². The zero-order valence-electron chi connectivity index (χ0n) is 18.1. The Bertz CT molecular complexity index is 872. The lowest BCUT2D eigenvalue weighted by atomic mass is 10.1. The van der Waals surface area contributed by atoms with Crippen LogP contribution in [0, 0.1) is 13.8 Å². The standard InChI is InChI=1S/C24H31N3O3/c1-18-4-9-23(19(2)16-18)30-15-10-25-24(29)17-26-11-13-27(14-12-26)22-7-5-21(6-8-22)20(3)28/h4-9,16H,10-15,17H2,1-3H3,(H,25,29). The lowest BCUT2D eigenvalue weighted by molar-refractivity contribution is -0.122. The van der Waals surface area contributed by atoms with Crippen LogP contribution in [0.5, 0.6) is 5.75 Å². The molecule has 1 aliphatic rings. The molecule has 30 heavy (non-hydrogen) atoms. The van der Waals surface area contributed by atoms with Gasteiger partial charge in [-0.2, -0.15) is 0 Å². The van der Waals surface area contributed by atoms with Crippen molar-refractivity contribution >= 4 is 17.4 Å². The monoisotopic (exact) mass is 409 g/mol. The molecule has 1 saturated heterocycles. The van der Waals surface area contributed by atoms with E-state index in [1.807, 2.05) is 43.3 Å². The Morgan fingerprint density at radius 2 is 1.70 bits per heavy atom. The van der Waals surface area contributed by atoms with Gasteiger partial charge in [-0.1, -0.05) is 17.7 Å². The number of carbonyl (C=O) groups excluding carboxylic acids is 2. The fourth-order valence-corrected chi connectivity index (χ4v) is 3.64. The van der Waals surface area contributed by atoms with Crippen molar-refractivity contribution in [3.8, 4) is 5.75 Å². The smallest absolute Gasteiger partial charge is 0.234 e. The third-order valence-electron chi connectivity index (χ3n) is 5.39. The summed E-state index contributed by atoms with van der Waals surface area (Å²) in [5.74, 6) is 0.970. The predicted octanol–water partition coefficient (Wildman–Crippen LogP) is 2.82. The lowest BCUT2D eigenvalue weighted by Crippen LogP contribution is -2.49. The molecule has 1 N–H and O–H groups in total. The van der Waals surface area contributed by atoms with Crippen LogP contribution in [0.4, 0.5) is 5.69 Å². The Kier molecular flexibility index (Phi) is 7.46. The van der Waals surface area contributed by atoms with E-state index in [0.717, 1.165) is 48.7 Å². The molecule has 0 unspecified atom stereocenters. The maximum absolute atomic E-state index is 12.2. The molecule has 2 aromatic rings. The average Bonchev–Trinajstić information content (AvgIpc) is 2.73. The summed E-state index contributed by atoms with van der Waals surface area (Å²) in [4.78, 5) is 28.1. The summed E-state index contributed by atoms with van der Waals surface area (Å²) in [5, 5.41) is 2.94. The molecule has 0 aromatic heterocycles. The first-order valence-electron chi connectivity index (χ1n) is 10.5. The molecular formula is C24H31N3O3. The highest BCUT2D eigenvalue weighted by Gasteiger charge is 2.19. The van der Waals surface area contributed by atoms with Crippen LogP contribution in [-0.4, -0.2) is 62.5 Å². The molecule has 6 heteroatoms. The molecule has 6 nitrogen and oxygen atoms in total. The first-order chi connectivity index (χ1) is 14.4. The molecule has 0 aliphatic carbocycles. The van der Waals surface area contributed by atoms with Crippen LogP contribution in [0.15, 0.2) is 42.5 Å². The van der Waals surface area contributed by atoms with Crippen LogP contribution in [0.3, 0.4) is 0 Å². The molecule has 0 radical (unpaired) electrons. The van der Waals surface area contributed by atoms with E-state index >= 15 is 0 Å². The number of nitrogens with one attached hydrogen (secondary N) is 1. The molecule has 1 heterocycles. The highest BCUT2D eigenvalue weighted by molar-refractivity contribution is 5.94. The van der Waals surface area contributed by atoms with Gasteiger partial charge >= 0.3 is 0 Å². The second-order valence-electron chi connectivity index (χ2n) is 7.83. The van der Waals surface area contributed by atoms with E-state index in [2.05, 4.69) is 28.1 Å². The molecule has 1 amide bonds. The Morgan fingerprint density at radius 1 is 1.00 bits per heavy atom. The normalized spacial score (nSPS) is 14.4. The highest BCUT2D eigenvalue weighted by Crippen LogP contribution is 2.19. The van der Waals surface area contributed by atoms with Gasteiger partial charge < -0.3 is 15.0 Å². The summed E-state index contributed by atoms with van der Waals surface area (Å²) in [5.41, 5.74) is 4.17. The summed E-state index contributed by atoms with van der Waals surface area (Å²) in [6.45, 7) is 10.4. The number of nitrogens with zero attached hydrogens (tertiary/aromatic N) is 2. The van der Waals surface area contributed by atoms with E-state index in [0.29, 0.717) is 19.7 Å². The number of rotatable bonds is 8. The third-order valence-corrected chi connectivity index (χ3v) is 5.39. The maximum Gasteiger partial charge on any atom is 0.234 e. The first-order valence-corrected chi connectivity index (χ1v) is 10.5. The Hall–Kier alpha value is -2.86. The number of hydrogen-bond acceptors (Lipinski definition) is 5. The van der Waals surface area contributed by atoms with E-state index in [4.69, 9.17) is 4.74 Å². The Morgan fingerprint density at radius 3 is 2.33 bits per heavy atom. The first kappa shape index (κ1) is 21.8. The number of benzene rings is 2. The summed E-state index contributed by atoms with van der Waals surface area (Å²) in [6.07, 6.45) is 0. The quantitative estimate of drug-likeness (QED) is 0.537. The largest absolute Gasteiger partial charge is 0.491 e. The van der Waals surface area contributed by atoms with Gasteiger partial charge in [-0.05, 0) is 56.7 Å². The summed E-state index contributed by atoms with van der Waals surface area (Å²) in [7, 11) is 0. The molecule has 160 valence electrons. The van der Waals surface area contributed by atoms with Crippen LogP contribution < -0.4 is 15.0 Å². The van der Waals surface area contributed by atoms with Crippen LogP contribution in [-0.2, 0) is 4.79 Å². The fourth-order valence-electron chi connectivity index (χ4n) is 3.64. The SMILES string of the molecule is CC(=O)c1ccc(N2CCN(CC(=O)NCCOc3ccc(C)cc3C)CC2)cc1. The topological polar surface area (TPSA) is 61.9 Å². The second kappa shape index (κ2) is 10.3. The molecule has 1 aliphatic heterocycles. The maximum atomic E-state index is 12.2. The number of hydrogen-bond donors (Lipinski definition) is 1. The Balaban J connectivity index is 1.35. The van der Waals surface area contributed by atoms with Crippen molar-refractivity contribution in [2.75, 3.05) is 50.8 Å². The van der Waals surface area contributed by atoms with Gasteiger partial charge in [0.25, 0.3) is 0 Å². The summed E-state index contributed by atoms with van der Waals surface area (Å²) >= 11 is 0. The number of carbonyl (C=O) groups is 2. The molecular weight excluding hydrogens is 378 g/mol. The van der Waals surface area contributed by atoms with E-state index in [1.54, 1.807) is 6.92 Å². The van der Waals surface area contributed by atoms with Crippen molar-refractivity contribution in [3.05, 3.63) is 59.2 Å². The van der Waals surface area contributed by atoms with Gasteiger partial charge in [0.05, 0.1) is 13.1 Å². The lowest BCUT2D eigenvalue weighted by Gasteiger charge is -2.35.